The molecule has 1 aliphatic heterocycles. The smallest absolute Gasteiger partial charge is 0.287 e. The number of nitrogens with one attached hydrogen (secondary N) is 1. The molecule has 3 heterocycles. The van der Waals surface area contributed by atoms with Crippen LogP contribution in [0.4, 0.5) is 0 Å². The predicted octanol–water partition coefficient (Wildman–Crippen LogP) is 2.56. The van der Waals surface area contributed by atoms with Crippen LogP contribution in [0.15, 0.2) is 24.4 Å². The normalized spacial score (nSPS) is 19.3. The molecule has 0 bridgehead atoms. The summed E-state index contributed by atoms with van der Waals surface area (Å²) in [6, 6.07) is 5.81. The summed E-state index contributed by atoms with van der Waals surface area (Å²) in [5, 5.41) is 3.16. The number of aromatic nitrogens is 2. The number of nitrogens with zero attached hydrogens (tertiary/aromatic N) is 4. The Bertz CT molecular complexity index is 861. The van der Waals surface area contributed by atoms with Gasteiger partial charge in [-0.15, -0.1) is 0 Å². The van der Waals surface area contributed by atoms with Gasteiger partial charge in [-0.3, -0.25) is 14.0 Å². The zero-order valence-electron chi connectivity index (χ0n) is 17.3. The highest BCUT2D eigenvalue weighted by atomic mass is 16.2. The van der Waals surface area contributed by atoms with Crippen molar-refractivity contribution in [2.75, 3.05) is 32.7 Å². The summed E-state index contributed by atoms with van der Waals surface area (Å²) in [6.45, 7) is 6.29. The molecule has 2 aliphatic rings. The van der Waals surface area contributed by atoms with E-state index in [1.165, 1.54) is 12.8 Å². The van der Waals surface area contributed by atoms with Crippen molar-refractivity contribution in [1.82, 2.24) is 24.5 Å². The third kappa shape index (κ3) is 4.29. The number of carbonyl (C=O) groups is 2. The lowest BCUT2D eigenvalue weighted by Gasteiger charge is -2.33. The van der Waals surface area contributed by atoms with E-state index >= 15 is 0 Å². The minimum absolute atomic E-state index is 0.0852. The lowest BCUT2D eigenvalue weighted by atomic mass is 10.1. The second kappa shape index (κ2) is 8.95. The number of rotatable bonds is 4. The summed E-state index contributed by atoms with van der Waals surface area (Å²) in [5.74, 6) is 0.0336. The van der Waals surface area contributed by atoms with Gasteiger partial charge < -0.3 is 15.1 Å². The van der Waals surface area contributed by atoms with Crippen LogP contribution >= 0.6 is 0 Å². The Morgan fingerprint density at radius 2 is 1.79 bits per heavy atom. The van der Waals surface area contributed by atoms with E-state index in [0.717, 1.165) is 45.3 Å². The Morgan fingerprint density at radius 1 is 1.07 bits per heavy atom. The van der Waals surface area contributed by atoms with E-state index < -0.39 is 0 Å². The average Bonchev–Trinajstić information content (AvgIpc) is 2.96. The Morgan fingerprint density at radius 3 is 2.48 bits per heavy atom. The summed E-state index contributed by atoms with van der Waals surface area (Å²) in [4.78, 5) is 34.9. The van der Waals surface area contributed by atoms with Gasteiger partial charge in [0.05, 0.1) is 5.52 Å². The molecule has 1 N–H and O–H groups in total. The second-order valence-electron chi connectivity index (χ2n) is 8.13. The molecule has 0 spiro atoms. The van der Waals surface area contributed by atoms with Gasteiger partial charge >= 0.3 is 0 Å². The van der Waals surface area contributed by atoms with Crippen molar-refractivity contribution in [3.8, 4) is 0 Å². The van der Waals surface area contributed by atoms with Crippen LogP contribution in [0.25, 0.3) is 5.52 Å². The first kappa shape index (κ1) is 19.9. The lowest BCUT2D eigenvalue weighted by molar-refractivity contribution is 0.0640. The minimum atomic E-state index is -0.187. The molecule has 1 aliphatic carbocycles. The van der Waals surface area contributed by atoms with Crippen molar-refractivity contribution in [2.45, 2.75) is 51.5 Å². The summed E-state index contributed by atoms with van der Waals surface area (Å²) in [7, 11) is 0. The zero-order valence-corrected chi connectivity index (χ0v) is 17.3. The van der Waals surface area contributed by atoms with Gasteiger partial charge in [-0.25, -0.2) is 4.98 Å². The van der Waals surface area contributed by atoms with Crippen molar-refractivity contribution < 1.29 is 9.59 Å². The van der Waals surface area contributed by atoms with Crippen LogP contribution in [0.1, 0.15) is 66.6 Å². The summed E-state index contributed by atoms with van der Waals surface area (Å²) in [6.07, 6.45) is 8.63. The summed E-state index contributed by atoms with van der Waals surface area (Å²) < 4.78 is 1.75. The molecule has 29 heavy (non-hydrogen) atoms. The van der Waals surface area contributed by atoms with E-state index in [1.54, 1.807) is 4.40 Å². The largest absolute Gasteiger partial charge is 0.347 e. The number of hydrogen-bond donors (Lipinski definition) is 1. The van der Waals surface area contributed by atoms with Crippen LogP contribution in [-0.2, 0) is 0 Å². The molecule has 2 fully saturated rings. The van der Waals surface area contributed by atoms with Gasteiger partial charge in [0, 0.05) is 38.4 Å². The first-order valence-electron chi connectivity index (χ1n) is 11.0. The lowest BCUT2D eigenvalue weighted by Crippen LogP contribution is -2.48. The van der Waals surface area contributed by atoms with Crippen molar-refractivity contribution in [3.63, 3.8) is 0 Å². The van der Waals surface area contributed by atoms with Gasteiger partial charge in [0.1, 0.15) is 0 Å². The molecule has 0 radical (unpaired) electrons. The van der Waals surface area contributed by atoms with Gasteiger partial charge in [-0.1, -0.05) is 38.7 Å². The van der Waals surface area contributed by atoms with Gasteiger partial charge in [0.2, 0.25) is 5.82 Å². The number of fused-ring (bicyclic) bond motifs is 1. The van der Waals surface area contributed by atoms with Gasteiger partial charge in [0.15, 0.2) is 5.69 Å². The fraction of sp³-hybridized carbons (Fsp3) is 0.591. The molecule has 156 valence electrons. The minimum Gasteiger partial charge on any atom is -0.347 e. The maximum absolute atomic E-state index is 13.2. The van der Waals surface area contributed by atoms with Gasteiger partial charge in [-0.05, 0) is 31.5 Å². The number of pyridine rings is 1. The van der Waals surface area contributed by atoms with Crippen molar-refractivity contribution >= 4 is 17.3 Å². The molecule has 0 unspecified atom stereocenters. The molecule has 1 saturated carbocycles. The van der Waals surface area contributed by atoms with Gasteiger partial charge in [-0.2, -0.15) is 0 Å². The highest BCUT2D eigenvalue weighted by Crippen LogP contribution is 2.19. The molecular weight excluding hydrogens is 366 g/mol. The second-order valence-corrected chi connectivity index (χ2v) is 8.13. The van der Waals surface area contributed by atoms with Crippen molar-refractivity contribution in [2.24, 2.45) is 0 Å². The zero-order chi connectivity index (χ0) is 20.2. The van der Waals surface area contributed by atoms with E-state index in [0.29, 0.717) is 30.1 Å². The maximum Gasteiger partial charge on any atom is 0.287 e. The van der Waals surface area contributed by atoms with E-state index in [4.69, 9.17) is 0 Å². The number of likely N-dealkylation sites (N-methyl/N-ethyl adjacent to an activating group) is 1. The summed E-state index contributed by atoms with van der Waals surface area (Å²) in [5.41, 5.74) is 1.07. The molecule has 2 amide bonds. The van der Waals surface area contributed by atoms with Crippen molar-refractivity contribution in [3.05, 3.63) is 35.9 Å². The first-order chi connectivity index (χ1) is 14.2. The SMILES string of the molecule is CCN1CCN(C(=O)c2nc(C(=O)NC3CCCCCC3)n3ccccc23)CC1. The van der Waals surface area contributed by atoms with Crippen LogP contribution in [0.3, 0.4) is 0 Å². The third-order valence-electron chi connectivity index (χ3n) is 6.25. The molecule has 2 aromatic rings. The maximum atomic E-state index is 13.2. The Labute approximate surface area is 172 Å². The van der Waals surface area contributed by atoms with E-state index in [1.807, 2.05) is 29.3 Å². The Hall–Kier alpha value is -2.41. The van der Waals surface area contributed by atoms with Gasteiger partial charge in [0.25, 0.3) is 11.8 Å². The molecule has 0 aromatic carbocycles. The fourth-order valence-electron chi connectivity index (χ4n) is 4.45. The Kier molecular flexibility index (Phi) is 6.13. The predicted molar refractivity (Wildman–Crippen MR) is 112 cm³/mol. The van der Waals surface area contributed by atoms with Crippen LogP contribution in [0.5, 0.6) is 0 Å². The molecule has 7 nitrogen and oxygen atoms in total. The number of amides is 2. The monoisotopic (exact) mass is 397 g/mol. The molecule has 0 atom stereocenters. The van der Waals surface area contributed by atoms with Crippen molar-refractivity contribution in [1.29, 1.82) is 0 Å². The first-order valence-corrected chi connectivity index (χ1v) is 11.0. The number of carbonyl (C=O) groups excluding carboxylic acids is 2. The number of hydrogen-bond acceptors (Lipinski definition) is 4. The quantitative estimate of drug-likeness (QED) is 0.805. The third-order valence-corrected chi connectivity index (χ3v) is 6.25. The topological polar surface area (TPSA) is 69.9 Å². The fourth-order valence-corrected chi connectivity index (χ4v) is 4.45. The highest BCUT2D eigenvalue weighted by Gasteiger charge is 2.28. The average molecular weight is 398 g/mol. The number of imidazole rings is 1. The standard InChI is InChI=1S/C22H31N5O2/c1-2-25-13-15-26(16-14-25)22(29)19-18-11-7-8-12-27(18)20(24-19)21(28)23-17-9-5-3-4-6-10-17/h7-8,11-12,17H,2-6,9-10,13-16H2,1H3,(H,23,28). The number of piperazine rings is 1. The van der Waals surface area contributed by atoms with Crippen LogP contribution in [-0.4, -0.2) is 69.8 Å². The van der Waals surface area contributed by atoms with E-state index in [2.05, 4.69) is 22.1 Å². The molecule has 7 heteroatoms. The van der Waals surface area contributed by atoms with Crippen LogP contribution in [0.2, 0.25) is 0 Å². The van der Waals surface area contributed by atoms with Crippen LogP contribution in [0, 0.1) is 0 Å². The molecule has 2 aromatic heterocycles. The highest BCUT2D eigenvalue weighted by molar-refractivity contribution is 6.02. The molecule has 4 rings (SSSR count). The van der Waals surface area contributed by atoms with Crippen LogP contribution < -0.4 is 5.32 Å². The Balaban J connectivity index is 1.56. The van der Waals surface area contributed by atoms with E-state index in [9.17, 15) is 9.59 Å². The molecule has 1 saturated heterocycles. The summed E-state index contributed by atoms with van der Waals surface area (Å²) >= 11 is 0. The molecular formula is C22H31N5O2. The van der Waals surface area contributed by atoms with E-state index in [-0.39, 0.29) is 17.9 Å².